The molecule has 0 saturated carbocycles. The molecular formula is C13H13ClN6O. The highest BCUT2D eigenvalue weighted by molar-refractivity contribution is 6.20. The average molecular weight is 305 g/mol. The van der Waals surface area contributed by atoms with Crippen LogP contribution in [0.3, 0.4) is 0 Å². The van der Waals surface area contributed by atoms with Gasteiger partial charge < -0.3 is 9.30 Å². The summed E-state index contributed by atoms with van der Waals surface area (Å²) in [5.74, 6) is 1.12. The molecule has 108 valence electrons. The first-order valence-corrected chi connectivity index (χ1v) is 6.80. The molecule has 3 heterocycles. The Labute approximate surface area is 126 Å². The third kappa shape index (κ3) is 2.52. The maximum absolute atomic E-state index is 6.23. The van der Waals surface area contributed by atoms with Crippen LogP contribution in [0.1, 0.15) is 23.8 Å². The zero-order valence-electron chi connectivity index (χ0n) is 11.6. The number of imidazole rings is 1. The summed E-state index contributed by atoms with van der Waals surface area (Å²) in [6.07, 6.45) is 3.07. The molecule has 7 nitrogen and oxygen atoms in total. The molecule has 21 heavy (non-hydrogen) atoms. The first kappa shape index (κ1) is 13.7. The predicted octanol–water partition coefficient (Wildman–Crippen LogP) is 1.97. The van der Waals surface area contributed by atoms with Crippen molar-refractivity contribution in [3.8, 4) is 5.88 Å². The Balaban J connectivity index is 2.17. The largest absolute Gasteiger partial charge is 0.479 e. The second-order valence-corrected chi connectivity index (χ2v) is 5.10. The van der Waals surface area contributed by atoms with E-state index in [1.54, 1.807) is 13.3 Å². The fraction of sp³-hybridized carbons (Fsp3) is 0.308. The molecule has 0 aliphatic carbocycles. The van der Waals surface area contributed by atoms with Gasteiger partial charge in [-0.15, -0.1) is 11.6 Å². The topological polar surface area (TPSA) is 78.6 Å². The predicted molar refractivity (Wildman–Crippen MR) is 77.3 cm³/mol. The van der Waals surface area contributed by atoms with E-state index >= 15 is 0 Å². The van der Waals surface area contributed by atoms with Crippen LogP contribution in [-0.2, 0) is 6.54 Å². The molecule has 0 amide bonds. The molecule has 0 saturated heterocycles. The van der Waals surface area contributed by atoms with Crippen molar-refractivity contribution in [3.05, 3.63) is 36.2 Å². The maximum atomic E-state index is 6.23. The number of hydrogen-bond acceptors (Lipinski definition) is 6. The molecule has 0 N–H and O–H groups in total. The second-order valence-electron chi connectivity index (χ2n) is 4.44. The van der Waals surface area contributed by atoms with E-state index in [0.717, 1.165) is 5.69 Å². The normalized spacial score (nSPS) is 12.5. The van der Waals surface area contributed by atoms with Gasteiger partial charge in [-0.2, -0.15) is 15.2 Å². The monoisotopic (exact) mass is 304 g/mol. The molecule has 3 aromatic heterocycles. The van der Waals surface area contributed by atoms with Crippen LogP contribution in [0.4, 0.5) is 0 Å². The lowest BCUT2D eigenvalue weighted by atomic mass is 10.3. The van der Waals surface area contributed by atoms with Crippen LogP contribution < -0.4 is 4.74 Å². The van der Waals surface area contributed by atoms with Crippen LogP contribution in [-0.4, -0.2) is 36.8 Å². The number of methoxy groups -OCH3 is 1. The van der Waals surface area contributed by atoms with Crippen molar-refractivity contribution in [1.29, 1.82) is 0 Å². The highest BCUT2D eigenvalue weighted by Crippen LogP contribution is 2.27. The number of fused-ring (bicyclic) bond motifs is 1. The van der Waals surface area contributed by atoms with Gasteiger partial charge in [-0.1, -0.05) is 0 Å². The summed E-state index contributed by atoms with van der Waals surface area (Å²) in [7, 11) is 1.55. The van der Waals surface area contributed by atoms with E-state index in [0.29, 0.717) is 29.4 Å². The number of hydrogen-bond donors (Lipinski definition) is 0. The summed E-state index contributed by atoms with van der Waals surface area (Å²) in [6.45, 7) is 2.34. The van der Waals surface area contributed by atoms with Crippen molar-refractivity contribution in [2.45, 2.75) is 18.8 Å². The Kier molecular flexibility index (Phi) is 3.66. The Morgan fingerprint density at radius 1 is 1.38 bits per heavy atom. The van der Waals surface area contributed by atoms with Gasteiger partial charge in [-0.3, -0.25) is 0 Å². The van der Waals surface area contributed by atoms with E-state index in [4.69, 9.17) is 16.3 Å². The minimum atomic E-state index is -0.277. The lowest BCUT2D eigenvalue weighted by molar-refractivity contribution is 0.401. The Morgan fingerprint density at radius 3 is 2.90 bits per heavy atom. The van der Waals surface area contributed by atoms with E-state index in [9.17, 15) is 0 Å². The van der Waals surface area contributed by atoms with E-state index in [1.807, 2.05) is 23.6 Å². The number of halogens is 1. The third-order valence-corrected chi connectivity index (χ3v) is 3.22. The molecule has 0 radical (unpaired) electrons. The number of nitrogens with zero attached hydrogens (tertiary/aromatic N) is 6. The second kappa shape index (κ2) is 5.61. The van der Waals surface area contributed by atoms with Gasteiger partial charge in [-0.05, 0) is 19.1 Å². The van der Waals surface area contributed by atoms with Gasteiger partial charge in [-0.25, -0.2) is 9.97 Å². The molecule has 0 aliphatic rings. The van der Waals surface area contributed by atoms with Gasteiger partial charge in [0.05, 0.1) is 24.7 Å². The minimum Gasteiger partial charge on any atom is -0.479 e. The zero-order valence-corrected chi connectivity index (χ0v) is 12.3. The van der Waals surface area contributed by atoms with Gasteiger partial charge in [0, 0.05) is 6.20 Å². The number of aromatic nitrogens is 6. The molecule has 1 unspecified atom stereocenters. The van der Waals surface area contributed by atoms with Crippen molar-refractivity contribution >= 4 is 22.8 Å². The van der Waals surface area contributed by atoms with Crippen LogP contribution in [0, 0.1) is 0 Å². The van der Waals surface area contributed by atoms with Crippen LogP contribution in [0.2, 0.25) is 0 Å². The Morgan fingerprint density at radius 2 is 2.24 bits per heavy atom. The first-order valence-electron chi connectivity index (χ1n) is 6.36. The van der Waals surface area contributed by atoms with Gasteiger partial charge in [0.2, 0.25) is 5.88 Å². The summed E-state index contributed by atoms with van der Waals surface area (Å²) < 4.78 is 7.13. The van der Waals surface area contributed by atoms with Crippen molar-refractivity contribution in [2.24, 2.45) is 0 Å². The van der Waals surface area contributed by atoms with Crippen LogP contribution >= 0.6 is 11.6 Å². The molecule has 0 fully saturated rings. The van der Waals surface area contributed by atoms with Crippen LogP contribution in [0.5, 0.6) is 5.88 Å². The molecule has 8 heteroatoms. The van der Waals surface area contributed by atoms with Gasteiger partial charge >= 0.3 is 0 Å². The summed E-state index contributed by atoms with van der Waals surface area (Å²) in [6, 6.07) is 3.72. The van der Waals surface area contributed by atoms with Crippen LogP contribution in [0.15, 0.2) is 24.7 Å². The quantitative estimate of drug-likeness (QED) is 0.686. The number of alkyl halides is 1. The summed E-state index contributed by atoms with van der Waals surface area (Å²) >= 11 is 6.23. The standard InChI is InChI=1S/C13H13ClN6O/c1-8(14)11-18-10-12(15-7-16-13(10)21-2)20(11)6-9-4-3-5-17-19-9/h3-5,7-8H,6H2,1-2H3. The highest BCUT2D eigenvalue weighted by atomic mass is 35.5. The van der Waals surface area contributed by atoms with Gasteiger partial charge in [0.25, 0.3) is 0 Å². The summed E-state index contributed by atoms with van der Waals surface area (Å²) in [5, 5.41) is 7.69. The Bertz CT molecular complexity index is 758. The van der Waals surface area contributed by atoms with E-state index in [1.165, 1.54) is 6.33 Å². The highest BCUT2D eigenvalue weighted by Gasteiger charge is 2.19. The van der Waals surface area contributed by atoms with Gasteiger partial charge in [0.15, 0.2) is 11.2 Å². The fourth-order valence-corrected chi connectivity index (χ4v) is 2.29. The molecule has 3 aromatic rings. The van der Waals surface area contributed by atoms with Crippen molar-refractivity contribution in [3.63, 3.8) is 0 Å². The molecule has 0 aliphatic heterocycles. The number of rotatable bonds is 4. The summed E-state index contributed by atoms with van der Waals surface area (Å²) in [5.41, 5.74) is 2.05. The third-order valence-electron chi connectivity index (χ3n) is 3.02. The van der Waals surface area contributed by atoms with Crippen molar-refractivity contribution in [1.82, 2.24) is 29.7 Å². The Hall–Kier alpha value is -2.28. The smallest absolute Gasteiger partial charge is 0.245 e. The average Bonchev–Trinajstić information content (AvgIpc) is 2.87. The van der Waals surface area contributed by atoms with Gasteiger partial charge in [0.1, 0.15) is 12.2 Å². The van der Waals surface area contributed by atoms with Crippen molar-refractivity contribution < 1.29 is 4.74 Å². The molecular weight excluding hydrogens is 292 g/mol. The zero-order chi connectivity index (χ0) is 14.8. The fourth-order valence-electron chi connectivity index (χ4n) is 2.12. The van der Waals surface area contributed by atoms with E-state index < -0.39 is 0 Å². The lowest BCUT2D eigenvalue weighted by Crippen LogP contribution is -2.08. The molecule has 0 aromatic carbocycles. The molecule has 0 bridgehead atoms. The molecule has 1 atom stereocenters. The first-order chi connectivity index (χ1) is 10.2. The van der Waals surface area contributed by atoms with Crippen molar-refractivity contribution in [2.75, 3.05) is 7.11 Å². The molecule has 0 spiro atoms. The van der Waals surface area contributed by atoms with E-state index in [2.05, 4.69) is 25.1 Å². The maximum Gasteiger partial charge on any atom is 0.245 e. The lowest BCUT2D eigenvalue weighted by Gasteiger charge is -2.08. The molecule has 3 rings (SSSR count). The summed E-state index contributed by atoms with van der Waals surface area (Å²) in [4.78, 5) is 12.9. The van der Waals surface area contributed by atoms with Crippen LogP contribution in [0.25, 0.3) is 11.2 Å². The number of ether oxygens (including phenoxy) is 1. The SMILES string of the molecule is COc1ncnc2c1nc(C(C)Cl)n2Cc1cccnn1. The minimum absolute atomic E-state index is 0.277. The van der Waals surface area contributed by atoms with E-state index in [-0.39, 0.29) is 5.38 Å².